The number of rotatable bonds is 8. The first kappa shape index (κ1) is 35.0. The second-order valence-electron chi connectivity index (χ2n) is 12.4. The first-order valence-corrected chi connectivity index (χ1v) is 15.6. The third kappa shape index (κ3) is 8.23. The van der Waals surface area contributed by atoms with E-state index in [0.29, 0.717) is 50.8 Å². The number of aromatic amines is 1. The Labute approximate surface area is 271 Å². The van der Waals surface area contributed by atoms with Crippen LogP contribution in [0.4, 0.5) is 26.3 Å². The molecule has 2 aromatic carbocycles. The number of benzene rings is 2. The van der Waals surface area contributed by atoms with Crippen molar-refractivity contribution in [3.8, 4) is 5.88 Å². The van der Waals surface area contributed by atoms with E-state index in [1.807, 2.05) is 30.3 Å². The summed E-state index contributed by atoms with van der Waals surface area (Å²) in [6.45, 7) is 1.62. The van der Waals surface area contributed by atoms with Crippen LogP contribution in [0.3, 0.4) is 0 Å². The van der Waals surface area contributed by atoms with Crippen molar-refractivity contribution in [2.24, 2.45) is 5.92 Å². The number of amides is 2. The van der Waals surface area contributed by atoms with E-state index >= 15 is 0 Å². The third-order valence-electron chi connectivity index (χ3n) is 9.14. The molecule has 0 spiro atoms. The summed E-state index contributed by atoms with van der Waals surface area (Å²) in [6.07, 6.45) is -8.15. The van der Waals surface area contributed by atoms with Crippen molar-refractivity contribution in [3.63, 3.8) is 0 Å². The number of likely N-dealkylation sites (tertiary alicyclic amines) is 1. The van der Waals surface area contributed by atoms with E-state index in [2.05, 4.69) is 10.3 Å². The zero-order valence-electron chi connectivity index (χ0n) is 26.0. The van der Waals surface area contributed by atoms with Gasteiger partial charge in [-0.05, 0) is 68.4 Å². The summed E-state index contributed by atoms with van der Waals surface area (Å²) in [5.74, 6) is -1.54. The van der Waals surface area contributed by atoms with E-state index in [1.165, 1.54) is 6.92 Å². The summed E-state index contributed by atoms with van der Waals surface area (Å²) in [7, 11) is 0. The number of carbonyl (C=O) groups excluding carboxylic acids is 2. The molecule has 5 rings (SSSR count). The quantitative estimate of drug-likeness (QED) is 0.262. The summed E-state index contributed by atoms with van der Waals surface area (Å²) in [4.78, 5) is 41.9. The molecule has 0 unspecified atom stereocenters. The molecule has 15 heteroatoms. The molecule has 2 fully saturated rings. The summed E-state index contributed by atoms with van der Waals surface area (Å²) in [5.41, 5.74) is -2.85. The maximum atomic E-state index is 13.7. The number of nitrogens with zero attached hydrogens (tertiary/aromatic N) is 2. The molecular weight excluding hydrogens is 646 g/mol. The van der Waals surface area contributed by atoms with Gasteiger partial charge in [-0.3, -0.25) is 14.2 Å². The lowest BCUT2D eigenvalue weighted by Gasteiger charge is -2.42. The monoisotopic (exact) mass is 682 g/mol. The summed E-state index contributed by atoms with van der Waals surface area (Å²) < 4.78 is 88.1. The zero-order valence-corrected chi connectivity index (χ0v) is 26.0. The Balaban J connectivity index is 1.23. The highest BCUT2D eigenvalue weighted by molar-refractivity contribution is 5.79. The van der Waals surface area contributed by atoms with Gasteiger partial charge < -0.3 is 25.0 Å². The fraction of sp³-hybridized carbons (Fsp3) is 0.485. The minimum atomic E-state index is -4.98. The Morgan fingerprint density at radius 3 is 2.17 bits per heavy atom. The molecule has 1 saturated heterocycles. The van der Waals surface area contributed by atoms with Crippen molar-refractivity contribution < 1.29 is 45.8 Å². The van der Waals surface area contributed by atoms with E-state index in [-0.39, 0.29) is 54.4 Å². The van der Waals surface area contributed by atoms with Crippen molar-refractivity contribution >= 4 is 11.8 Å². The molecule has 1 aromatic heterocycles. The zero-order chi connectivity index (χ0) is 34.8. The first-order valence-electron chi connectivity index (χ1n) is 15.6. The summed E-state index contributed by atoms with van der Waals surface area (Å²) in [6, 6.07) is 10.4. The van der Waals surface area contributed by atoms with Crippen LogP contribution in [0.2, 0.25) is 0 Å². The maximum Gasteiger partial charge on any atom is 0.416 e. The fourth-order valence-corrected chi connectivity index (χ4v) is 6.57. The van der Waals surface area contributed by atoms with E-state index in [1.54, 1.807) is 4.90 Å². The van der Waals surface area contributed by atoms with Gasteiger partial charge in [0.25, 0.3) is 0 Å². The number of hydrogen-bond acceptors (Lipinski definition) is 5. The molecule has 2 aliphatic rings. The van der Waals surface area contributed by atoms with Crippen LogP contribution >= 0.6 is 0 Å². The van der Waals surface area contributed by atoms with Crippen LogP contribution in [-0.4, -0.2) is 56.6 Å². The molecule has 1 aliphatic carbocycles. The third-order valence-corrected chi connectivity index (χ3v) is 9.14. The molecule has 1 aliphatic heterocycles. The average Bonchev–Trinajstić information content (AvgIpc) is 3.36. The molecule has 1 saturated carbocycles. The molecule has 0 radical (unpaired) electrons. The number of H-pyrrole nitrogens is 1. The van der Waals surface area contributed by atoms with E-state index in [4.69, 9.17) is 4.74 Å². The van der Waals surface area contributed by atoms with Gasteiger partial charge in [-0.1, -0.05) is 30.3 Å². The predicted octanol–water partition coefficient (Wildman–Crippen LogP) is 5.76. The van der Waals surface area contributed by atoms with Crippen LogP contribution in [0.15, 0.2) is 59.5 Å². The van der Waals surface area contributed by atoms with Gasteiger partial charge in [-0.15, -0.1) is 0 Å². The van der Waals surface area contributed by atoms with Gasteiger partial charge in [0.15, 0.2) is 0 Å². The normalized spacial score (nSPS) is 22.7. The maximum absolute atomic E-state index is 13.7. The molecule has 2 heterocycles. The Hall–Kier alpha value is -4.27. The molecule has 48 heavy (non-hydrogen) atoms. The van der Waals surface area contributed by atoms with Gasteiger partial charge in [-0.2, -0.15) is 26.3 Å². The number of halogens is 6. The van der Waals surface area contributed by atoms with E-state index < -0.39 is 47.3 Å². The number of aromatic nitrogens is 2. The Morgan fingerprint density at radius 1 is 0.979 bits per heavy atom. The molecule has 9 nitrogen and oxygen atoms in total. The number of aromatic hydroxyl groups is 1. The number of ether oxygens (including phenoxy) is 1. The van der Waals surface area contributed by atoms with Gasteiger partial charge in [0.1, 0.15) is 6.54 Å². The number of alkyl halides is 6. The molecule has 3 aromatic rings. The largest absolute Gasteiger partial charge is 0.493 e. The number of hydrogen-bond donors (Lipinski definition) is 3. The second-order valence-corrected chi connectivity index (χ2v) is 12.4. The lowest BCUT2D eigenvalue weighted by Crippen LogP contribution is -2.49. The highest BCUT2D eigenvalue weighted by Gasteiger charge is 2.40. The lowest BCUT2D eigenvalue weighted by molar-refractivity contribution is -0.143. The molecule has 2 amide bonds. The van der Waals surface area contributed by atoms with Gasteiger partial charge >= 0.3 is 18.0 Å². The Morgan fingerprint density at radius 2 is 1.60 bits per heavy atom. The average molecular weight is 683 g/mol. The second kappa shape index (κ2) is 14.1. The molecule has 3 N–H and O–H groups in total. The number of carbonyl (C=O) groups is 2. The Kier molecular flexibility index (Phi) is 10.3. The van der Waals surface area contributed by atoms with E-state index in [9.17, 15) is 45.8 Å². The topological polar surface area (TPSA) is 117 Å². The molecule has 0 bridgehead atoms. The number of nitrogens with one attached hydrogen (secondary N) is 2. The van der Waals surface area contributed by atoms with Crippen molar-refractivity contribution in [1.82, 2.24) is 19.8 Å². The number of imidazole rings is 1. The summed E-state index contributed by atoms with van der Waals surface area (Å²) >= 11 is 0. The standard InChI is InChI=1S/C33H36F6N4O5/c1-19(22-13-23(32(34,35)36)15-24(14-22)33(37,38)39)48-27-11-12-42(17-26(27)20-5-3-2-4-6-20)30(46)21-7-9-25(10-8-21)41-28(44)18-43-29(45)16-40-31(43)47/h2-6,13-16,19,21,25-27,45H,7-12,17-18H2,1H3,(H,40,47)(H,41,44)/t19-,21?,25?,26+,27+/m1/s1. The predicted molar refractivity (Wildman–Crippen MR) is 161 cm³/mol. The SMILES string of the molecule is C[C@@H](O[C@H]1CCN(C(=O)C2CCC(NC(=O)Cn3c(O)c[nH]c3=O)CC2)C[C@H]1c1ccccc1)c1cc(C(F)(F)F)cc(C(F)(F)F)c1. The van der Waals surface area contributed by atoms with Crippen molar-refractivity contribution in [3.05, 3.63) is 87.5 Å². The first-order chi connectivity index (χ1) is 22.6. The Bertz CT molecular complexity index is 1610. The minimum absolute atomic E-state index is 0.0660. The van der Waals surface area contributed by atoms with Crippen molar-refractivity contribution in [2.45, 2.75) is 82.1 Å². The van der Waals surface area contributed by atoms with Gasteiger partial charge in [-0.25, -0.2) is 4.79 Å². The van der Waals surface area contributed by atoms with Crippen LogP contribution in [0.5, 0.6) is 5.88 Å². The van der Waals surface area contributed by atoms with Gasteiger partial charge in [0.05, 0.1) is 29.5 Å². The number of piperidine rings is 1. The highest BCUT2D eigenvalue weighted by Crippen LogP contribution is 2.40. The fourth-order valence-electron chi connectivity index (χ4n) is 6.57. The van der Waals surface area contributed by atoms with Crippen molar-refractivity contribution in [2.75, 3.05) is 13.1 Å². The van der Waals surface area contributed by atoms with Crippen LogP contribution in [0.25, 0.3) is 0 Å². The molecule has 260 valence electrons. The minimum Gasteiger partial charge on any atom is -0.493 e. The lowest BCUT2D eigenvalue weighted by atomic mass is 9.83. The smallest absolute Gasteiger partial charge is 0.416 e. The van der Waals surface area contributed by atoms with Crippen LogP contribution in [0.1, 0.15) is 73.3 Å². The van der Waals surface area contributed by atoms with Gasteiger partial charge in [0, 0.05) is 31.0 Å². The van der Waals surface area contributed by atoms with Crippen LogP contribution in [-0.2, 0) is 33.2 Å². The summed E-state index contributed by atoms with van der Waals surface area (Å²) in [5, 5.41) is 12.6. The van der Waals surface area contributed by atoms with Crippen LogP contribution in [0, 0.1) is 5.92 Å². The van der Waals surface area contributed by atoms with Crippen LogP contribution < -0.4 is 11.0 Å². The highest BCUT2D eigenvalue weighted by atomic mass is 19.4. The van der Waals surface area contributed by atoms with E-state index in [0.717, 1.165) is 16.3 Å². The van der Waals surface area contributed by atoms with Gasteiger partial charge in [0.2, 0.25) is 17.7 Å². The van der Waals surface area contributed by atoms with Crippen molar-refractivity contribution in [1.29, 1.82) is 0 Å². The molecular formula is C33H36F6N4O5. The molecule has 3 atom stereocenters.